The van der Waals surface area contributed by atoms with E-state index in [-0.39, 0.29) is 29.8 Å². The van der Waals surface area contributed by atoms with E-state index in [1.54, 1.807) is 6.07 Å². The van der Waals surface area contributed by atoms with E-state index >= 15 is 0 Å². The zero-order chi connectivity index (χ0) is 16.5. The quantitative estimate of drug-likeness (QED) is 0.290. The number of nitrogens with one attached hydrogen (secondary N) is 1. The zero-order valence-corrected chi connectivity index (χ0v) is 16.7. The Morgan fingerprint density at radius 1 is 1.25 bits per heavy atom. The largest absolute Gasteiger partial charge is 0.370 e. The summed E-state index contributed by atoms with van der Waals surface area (Å²) in [5.74, 6) is 0.406. The van der Waals surface area contributed by atoms with Gasteiger partial charge in [-0.1, -0.05) is 19.1 Å². The van der Waals surface area contributed by atoms with E-state index in [4.69, 9.17) is 5.73 Å². The van der Waals surface area contributed by atoms with Gasteiger partial charge in [0.1, 0.15) is 5.82 Å². The smallest absolute Gasteiger partial charge is 0.188 e. The van der Waals surface area contributed by atoms with Crippen molar-refractivity contribution in [2.75, 3.05) is 50.7 Å². The van der Waals surface area contributed by atoms with Crippen LogP contribution in [0.3, 0.4) is 0 Å². The molecule has 1 aromatic rings. The Morgan fingerprint density at radius 3 is 2.62 bits per heavy atom. The third kappa shape index (κ3) is 6.80. The van der Waals surface area contributed by atoms with Crippen molar-refractivity contribution in [3.05, 3.63) is 30.1 Å². The molecule has 2 rings (SSSR count). The fourth-order valence-electron chi connectivity index (χ4n) is 2.73. The molecule has 1 saturated heterocycles. The zero-order valence-electron chi connectivity index (χ0n) is 14.4. The molecule has 1 aliphatic heterocycles. The molecule has 1 heterocycles. The van der Waals surface area contributed by atoms with Gasteiger partial charge in [0, 0.05) is 39.3 Å². The van der Waals surface area contributed by atoms with Crippen LogP contribution in [0.1, 0.15) is 19.8 Å². The number of hydrogen-bond acceptors (Lipinski definition) is 3. The molecule has 24 heavy (non-hydrogen) atoms. The summed E-state index contributed by atoms with van der Waals surface area (Å²) in [6.07, 6.45) is 2.04. The van der Waals surface area contributed by atoms with Crippen molar-refractivity contribution < 1.29 is 4.39 Å². The minimum absolute atomic E-state index is 0. The molecule has 0 atom stereocenters. The molecule has 1 aliphatic rings. The second-order valence-corrected chi connectivity index (χ2v) is 5.83. The molecule has 0 spiro atoms. The first-order valence-electron chi connectivity index (χ1n) is 8.46. The van der Waals surface area contributed by atoms with Crippen molar-refractivity contribution in [3.8, 4) is 0 Å². The number of hydrogen-bond donors (Lipinski definition) is 2. The maximum Gasteiger partial charge on any atom is 0.188 e. The number of aliphatic imine (C=N–C) groups is 1. The number of piperazine rings is 1. The van der Waals surface area contributed by atoms with Gasteiger partial charge < -0.3 is 16.0 Å². The molecule has 0 amide bonds. The molecule has 0 bridgehead atoms. The lowest BCUT2D eigenvalue weighted by Crippen LogP contribution is -2.47. The third-order valence-electron chi connectivity index (χ3n) is 4.03. The summed E-state index contributed by atoms with van der Waals surface area (Å²) in [6, 6.07) is 7.00. The van der Waals surface area contributed by atoms with Gasteiger partial charge in [-0.2, -0.15) is 0 Å². The van der Waals surface area contributed by atoms with Crippen molar-refractivity contribution in [2.45, 2.75) is 19.8 Å². The first-order chi connectivity index (χ1) is 11.2. The number of anilines is 1. The number of guanidine groups is 1. The predicted octanol–water partition coefficient (Wildman–Crippen LogP) is 2.27. The maximum atomic E-state index is 13.8. The highest BCUT2D eigenvalue weighted by Crippen LogP contribution is 2.20. The summed E-state index contributed by atoms with van der Waals surface area (Å²) in [4.78, 5) is 8.75. The second-order valence-electron chi connectivity index (χ2n) is 5.83. The van der Waals surface area contributed by atoms with Crippen LogP contribution in [-0.2, 0) is 0 Å². The number of halogens is 2. The lowest BCUT2D eigenvalue weighted by Gasteiger charge is -2.36. The standard InChI is InChI=1S/C17H28FN5.HI/c1-2-8-20-17(19)21-9-5-10-22-11-13-23(14-12-22)16-7-4-3-6-15(16)18;/h3-4,6-7H,2,5,8-14H2,1H3,(H3,19,20,21);1H. The van der Waals surface area contributed by atoms with Crippen molar-refractivity contribution in [2.24, 2.45) is 10.7 Å². The van der Waals surface area contributed by atoms with Crippen molar-refractivity contribution >= 4 is 35.6 Å². The van der Waals surface area contributed by atoms with Gasteiger partial charge >= 0.3 is 0 Å². The summed E-state index contributed by atoms with van der Waals surface area (Å²) in [5.41, 5.74) is 6.48. The van der Waals surface area contributed by atoms with Gasteiger partial charge in [0.25, 0.3) is 0 Å². The van der Waals surface area contributed by atoms with Crippen LogP contribution >= 0.6 is 24.0 Å². The third-order valence-corrected chi connectivity index (χ3v) is 4.03. The topological polar surface area (TPSA) is 56.9 Å². The molecule has 0 unspecified atom stereocenters. The Labute approximate surface area is 161 Å². The average molecular weight is 449 g/mol. The molecule has 0 aliphatic carbocycles. The van der Waals surface area contributed by atoms with E-state index < -0.39 is 0 Å². The van der Waals surface area contributed by atoms with Crippen molar-refractivity contribution in [3.63, 3.8) is 0 Å². The average Bonchev–Trinajstić information content (AvgIpc) is 2.58. The Morgan fingerprint density at radius 2 is 1.96 bits per heavy atom. The van der Waals surface area contributed by atoms with Crippen molar-refractivity contribution in [1.82, 2.24) is 10.2 Å². The predicted molar refractivity (Wildman–Crippen MR) is 110 cm³/mol. The normalized spacial score (nSPS) is 15.9. The SMILES string of the molecule is CCCN=C(N)NCCCN1CCN(c2ccccc2F)CC1.I. The van der Waals surface area contributed by atoms with Crippen LogP contribution in [0.4, 0.5) is 10.1 Å². The lowest BCUT2D eigenvalue weighted by atomic mass is 10.2. The van der Waals surface area contributed by atoms with Gasteiger partial charge in [-0.15, -0.1) is 24.0 Å². The van der Waals surface area contributed by atoms with Gasteiger partial charge in [0.05, 0.1) is 5.69 Å². The Balaban J connectivity index is 0.00000288. The van der Waals surface area contributed by atoms with Crippen LogP contribution in [0.15, 0.2) is 29.3 Å². The van der Waals surface area contributed by atoms with E-state index in [0.717, 1.165) is 58.7 Å². The highest BCUT2D eigenvalue weighted by Gasteiger charge is 2.18. The number of benzene rings is 1. The number of nitrogens with two attached hydrogens (primary N) is 1. The highest BCUT2D eigenvalue weighted by molar-refractivity contribution is 14.0. The molecule has 0 radical (unpaired) electrons. The van der Waals surface area contributed by atoms with Crippen molar-refractivity contribution in [1.29, 1.82) is 0 Å². The number of para-hydroxylation sites is 1. The fraction of sp³-hybridized carbons (Fsp3) is 0.588. The summed E-state index contributed by atoms with van der Waals surface area (Å²) >= 11 is 0. The number of rotatable bonds is 7. The molecule has 7 heteroatoms. The Kier molecular flexibility index (Phi) is 10.0. The molecule has 1 aromatic carbocycles. The van der Waals surface area contributed by atoms with Crippen LogP contribution in [0, 0.1) is 5.82 Å². The first kappa shape index (κ1) is 21.0. The second kappa shape index (κ2) is 11.5. The van der Waals surface area contributed by atoms with E-state index in [0.29, 0.717) is 11.6 Å². The summed E-state index contributed by atoms with van der Waals surface area (Å²) in [7, 11) is 0. The molecular formula is C17H29FIN5. The fourth-order valence-corrected chi connectivity index (χ4v) is 2.73. The van der Waals surface area contributed by atoms with E-state index in [2.05, 4.69) is 27.0 Å². The minimum Gasteiger partial charge on any atom is -0.370 e. The Hall–Kier alpha value is -1.09. The van der Waals surface area contributed by atoms with Gasteiger partial charge in [-0.25, -0.2) is 4.39 Å². The van der Waals surface area contributed by atoms with Crippen LogP contribution < -0.4 is 16.0 Å². The van der Waals surface area contributed by atoms with Crippen LogP contribution in [0.5, 0.6) is 0 Å². The minimum atomic E-state index is -0.132. The molecule has 136 valence electrons. The molecule has 1 fully saturated rings. The van der Waals surface area contributed by atoms with Gasteiger partial charge in [-0.3, -0.25) is 9.89 Å². The molecule has 0 saturated carbocycles. The van der Waals surface area contributed by atoms with Crippen LogP contribution in [0.2, 0.25) is 0 Å². The first-order valence-corrected chi connectivity index (χ1v) is 8.46. The molecule has 0 aromatic heterocycles. The number of nitrogens with zero attached hydrogens (tertiary/aromatic N) is 3. The van der Waals surface area contributed by atoms with Gasteiger partial charge in [0.2, 0.25) is 0 Å². The van der Waals surface area contributed by atoms with E-state index in [1.165, 1.54) is 6.07 Å². The monoisotopic (exact) mass is 449 g/mol. The van der Waals surface area contributed by atoms with E-state index in [9.17, 15) is 4.39 Å². The van der Waals surface area contributed by atoms with Gasteiger partial charge in [-0.05, 0) is 31.5 Å². The molecule has 5 nitrogen and oxygen atoms in total. The lowest BCUT2D eigenvalue weighted by molar-refractivity contribution is 0.254. The maximum absolute atomic E-state index is 13.8. The summed E-state index contributed by atoms with van der Waals surface area (Å²) < 4.78 is 13.8. The van der Waals surface area contributed by atoms with E-state index in [1.807, 2.05) is 12.1 Å². The summed E-state index contributed by atoms with van der Waals surface area (Å²) in [6.45, 7) is 8.39. The van der Waals surface area contributed by atoms with Crippen LogP contribution in [-0.4, -0.2) is 56.7 Å². The highest BCUT2D eigenvalue weighted by atomic mass is 127. The summed E-state index contributed by atoms with van der Waals surface area (Å²) in [5, 5.41) is 3.14. The van der Waals surface area contributed by atoms with Gasteiger partial charge in [0.15, 0.2) is 5.96 Å². The molecular weight excluding hydrogens is 420 g/mol. The van der Waals surface area contributed by atoms with Crippen LogP contribution in [0.25, 0.3) is 0 Å². The molecule has 3 N–H and O–H groups in total. The Bertz CT molecular complexity index is 504.